The molecule has 1 aromatic carbocycles. The van der Waals surface area contributed by atoms with Gasteiger partial charge in [0.25, 0.3) is 0 Å². The van der Waals surface area contributed by atoms with E-state index in [1.165, 1.54) is 6.20 Å². The highest BCUT2D eigenvalue weighted by Crippen LogP contribution is 2.36. The van der Waals surface area contributed by atoms with Gasteiger partial charge in [-0.2, -0.15) is 13.2 Å². The molecular weight excluding hydrogens is 335 g/mol. The van der Waals surface area contributed by atoms with Gasteiger partial charge >= 0.3 is 6.18 Å². The van der Waals surface area contributed by atoms with E-state index in [1.807, 2.05) is 0 Å². The first-order valence-corrected chi connectivity index (χ1v) is 6.48. The van der Waals surface area contributed by atoms with Crippen LogP contribution in [0.1, 0.15) is 11.1 Å². The number of nitrogens with zero attached hydrogens (tertiary/aromatic N) is 1. The van der Waals surface area contributed by atoms with Gasteiger partial charge in [-0.25, -0.2) is 4.98 Å². The van der Waals surface area contributed by atoms with Gasteiger partial charge in [-0.1, -0.05) is 12.1 Å². The molecular formula is C13H11BrF3N3. The first-order valence-electron chi connectivity index (χ1n) is 5.69. The minimum atomic E-state index is -4.48. The van der Waals surface area contributed by atoms with Crippen LogP contribution in [0.5, 0.6) is 0 Å². The van der Waals surface area contributed by atoms with Gasteiger partial charge < -0.3 is 11.1 Å². The molecule has 3 N–H and O–H groups in total. The molecule has 1 heterocycles. The molecule has 0 amide bonds. The Bertz CT molecular complexity index is 614. The van der Waals surface area contributed by atoms with Crippen molar-refractivity contribution in [3.8, 4) is 0 Å². The SMILES string of the molecule is NCc1cccc(Nc2ncc(Br)cc2C(F)(F)F)c1. The molecule has 106 valence electrons. The highest BCUT2D eigenvalue weighted by molar-refractivity contribution is 9.10. The lowest BCUT2D eigenvalue weighted by atomic mass is 10.2. The molecule has 0 saturated heterocycles. The molecule has 0 aliphatic heterocycles. The standard InChI is InChI=1S/C13H11BrF3N3/c14-9-5-11(13(15,16)17)12(19-7-9)20-10-3-1-2-8(4-10)6-18/h1-5,7H,6,18H2,(H,19,20). The Morgan fingerprint density at radius 2 is 2.00 bits per heavy atom. The Hall–Kier alpha value is -1.60. The van der Waals surface area contributed by atoms with Crippen molar-refractivity contribution in [3.05, 3.63) is 52.1 Å². The van der Waals surface area contributed by atoms with Crippen LogP contribution in [-0.4, -0.2) is 4.98 Å². The predicted octanol–water partition coefficient (Wildman–Crippen LogP) is 4.07. The van der Waals surface area contributed by atoms with Gasteiger partial charge in [0.2, 0.25) is 0 Å². The van der Waals surface area contributed by atoms with Crippen molar-refractivity contribution in [2.24, 2.45) is 5.73 Å². The molecule has 2 aromatic rings. The number of hydrogen-bond acceptors (Lipinski definition) is 3. The summed E-state index contributed by atoms with van der Waals surface area (Å²) in [4.78, 5) is 3.79. The molecule has 0 fully saturated rings. The number of anilines is 2. The summed E-state index contributed by atoms with van der Waals surface area (Å²) < 4.78 is 39.1. The monoisotopic (exact) mass is 345 g/mol. The average Bonchev–Trinajstić information content (AvgIpc) is 2.40. The lowest BCUT2D eigenvalue weighted by Gasteiger charge is -2.14. The lowest BCUT2D eigenvalue weighted by molar-refractivity contribution is -0.137. The number of nitrogens with two attached hydrogens (primary N) is 1. The third-order valence-corrected chi connectivity index (χ3v) is 3.02. The molecule has 20 heavy (non-hydrogen) atoms. The van der Waals surface area contributed by atoms with Gasteiger partial charge in [-0.05, 0) is 39.7 Å². The number of aromatic nitrogens is 1. The fourth-order valence-electron chi connectivity index (χ4n) is 1.67. The van der Waals surface area contributed by atoms with Crippen molar-refractivity contribution in [3.63, 3.8) is 0 Å². The van der Waals surface area contributed by atoms with Crippen LogP contribution >= 0.6 is 15.9 Å². The maximum Gasteiger partial charge on any atom is 0.420 e. The average molecular weight is 346 g/mol. The molecule has 0 saturated carbocycles. The molecule has 0 atom stereocenters. The van der Waals surface area contributed by atoms with Gasteiger partial charge in [0, 0.05) is 22.9 Å². The van der Waals surface area contributed by atoms with Crippen molar-refractivity contribution in [2.75, 3.05) is 5.32 Å². The summed E-state index contributed by atoms with van der Waals surface area (Å²) in [6, 6.07) is 7.84. The molecule has 7 heteroatoms. The van der Waals surface area contributed by atoms with Gasteiger partial charge in [0.15, 0.2) is 0 Å². The normalized spacial score (nSPS) is 11.4. The number of benzene rings is 1. The molecule has 3 nitrogen and oxygen atoms in total. The number of hydrogen-bond donors (Lipinski definition) is 2. The Morgan fingerprint density at radius 3 is 2.65 bits per heavy atom. The van der Waals surface area contributed by atoms with Crippen molar-refractivity contribution in [2.45, 2.75) is 12.7 Å². The molecule has 0 aliphatic carbocycles. The van der Waals surface area contributed by atoms with Crippen molar-refractivity contribution < 1.29 is 13.2 Å². The lowest BCUT2D eigenvalue weighted by Crippen LogP contribution is -2.10. The molecule has 0 spiro atoms. The van der Waals surface area contributed by atoms with Crippen LogP contribution in [0, 0.1) is 0 Å². The zero-order valence-electron chi connectivity index (χ0n) is 10.2. The van der Waals surface area contributed by atoms with Crippen LogP contribution in [0.3, 0.4) is 0 Å². The van der Waals surface area contributed by atoms with Gasteiger partial charge in [0.1, 0.15) is 5.82 Å². The topological polar surface area (TPSA) is 50.9 Å². The summed E-state index contributed by atoms with van der Waals surface area (Å²) in [7, 11) is 0. The first-order chi connectivity index (χ1) is 9.40. The van der Waals surface area contributed by atoms with Crippen LogP contribution in [0.25, 0.3) is 0 Å². The zero-order valence-corrected chi connectivity index (χ0v) is 11.8. The second kappa shape index (κ2) is 5.80. The van der Waals surface area contributed by atoms with Gasteiger partial charge in [-0.3, -0.25) is 0 Å². The second-order valence-electron chi connectivity index (χ2n) is 4.08. The van der Waals surface area contributed by atoms with E-state index in [1.54, 1.807) is 24.3 Å². The molecule has 0 unspecified atom stereocenters. The Kier molecular flexibility index (Phi) is 4.29. The van der Waals surface area contributed by atoms with E-state index < -0.39 is 11.7 Å². The fraction of sp³-hybridized carbons (Fsp3) is 0.154. The zero-order chi connectivity index (χ0) is 14.8. The summed E-state index contributed by atoms with van der Waals surface area (Å²) in [6.07, 6.45) is -3.17. The Balaban J connectivity index is 2.38. The summed E-state index contributed by atoms with van der Waals surface area (Å²) in [5.41, 5.74) is 6.00. The van der Waals surface area contributed by atoms with Crippen molar-refractivity contribution in [1.29, 1.82) is 0 Å². The minimum absolute atomic E-state index is 0.241. The van der Waals surface area contributed by atoms with E-state index in [2.05, 4.69) is 26.2 Å². The third-order valence-electron chi connectivity index (χ3n) is 2.59. The number of rotatable bonds is 3. The number of halogens is 4. The smallest absolute Gasteiger partial charge is 0.340 e. The molecule has 0 bridgehead atoms. The Morgan fingerprint density at radius 1 is 1.25 bits per heavy atom. The summed E-state index contributed by atoms with van der Waals surface area (Å²) in [6.45, 7) is 0.315. The molecule has 2 rings (SSSR count). The largest absolute Gasteiger partial charge is 0.420 e. The van der Waals surface area contributed by atoms with E-state index in [4.69, 9.17) is 5.73 Å². The maximum atomic E-state index is 13.0. The highest BCUT2D eigenvalue weighted by Gasteiger charge is 2.34. The summed E-state index contributed by atoms with van der Waals surface area (Å²) >= 11 is 2.99. The predicted molar refractivity (Wildman–Crippen MR) is 74.6 cm³/mol. The van der Waals surface area contributed by atoms with E-state index in [0.29, 0.717) is 12.2 Å². The number of nitrogens with one attached hydrogen (secondary N) is 1. The van der Waals surface area contributed by atoms with Crippen LogP contribution in [-0.2, 0) is 12.7 Å². The molecule has 0 aliphatic rings. The maximum absolute atomic E-state index is 13.0. The van der Waals surface area contributed by atoms with Crippen molar-refractivity contribution >= 4 is 27.4 Å². The number of pyridine rings is 1. The van der Waals surface area contributed by atoms with Crippen molar-refractivity contribution in [1.82, 2.24) is 4.98 Å². The van der Waals surface area contributed by atoms with E-state index >= 15 is 0 Å². The Labute approximate surface area is 122 Å². The molecule has 1 aromatic heterocycles. The summed E-state index contributed by atoms with van der Waals surface area (Å²) in [5, 5.41) is 2.67. The first kappa shape index (κ1) is 14.8. The van der Waals surface area contributed by atoms with E-state index in [-0.39, 0.29) is 10.3 Å². The quantitative estimate of drug-likeness (QED) is 0.881. The third kappa shape index (κ3) is 3.49. The number of alkyl halides is 3. The van der Waals surface area contributed by atoms with Crippen LogP contribution in [0.2, 0.25) is 0 Å². The highest BCUT2D eigenvalue weighted by atomic mass is 79.9. The van der Waals surface area contributed by atoms with Gasteiger partial charge in [-0.15, -0.1) is 0 Å². The fourth-order valence-corrected chi connectivity index (χ4v) is 2.00. The molecule has 0 radical (unpaired) electrons. The minimum Gasteiger partial charge on any atom is -0.340 e. The van der Waals surface area contributed by atoms with Gasteiger partial charge in [0.05, 0.1) is 5.56 Å². The van der Waals surface area contributed by atoms with Crippen LogP contribution in [0.15, 0.2) is 41.0 Å². The van der Waals surface area contributed by atoms with E-state index in [0.717, 1.165) is 11.6 Å². The second-order valence-corrected chi connectivity index (χ2v) is 4.99. The van der Waals surface area contributed by atoms with Crippen LogP contribution < -0.4 is 11.1 Å². The van der Waals surface area contributed by atoms with Crippen LogP contribution in [0.4, 0.5) is 24.7 Å². The summed E-state index contributed by atoms with van der Waals surface area (Å²) in [5.74, 6) is -0.241. The van der Waals surface area contributed by atoms with E-state index in [9.17, 15) is 13.2 Å².